The topological polar surface area (TPSA) is 78.4 Å². The van der Waals surface area contributed by atoms with Gasteiger partial charge in [0.05, 0.1) is 12.0 Å². The number of nitrogens with one attached hydrogen (secondary N) is 2. The van der Waals surface area contributed by atoms with Crippen molar-refractivity contribution in [3.05, 3.63) is 41.2 Å². The third-order valence-corrected chi connectivity index (χ3v) is 3.06. The molecule has 5 nitrogen and oxygen atoms in total. The van der Waals surface area contributed by atoms with Crippen molar-refractivity contribution in [2.75, 3.05) is 5.32 Å². The van der Waals surface area contributed by atoms with E-state index in [4.69, 9.17) is 16.7 Å². The lowest BCUT2D eigenvalue weighted by Crippen LogP contribution is -2.36. The van der Waals surface area contributed by atoms with Gasteiger partial charge in [0.1, 0.15) is 5.82 Å². The number of rotatable bonds is 3. The number of benzene rings is 1. The lowest BCUT2D eigenvalue weighted by molar-refractivity contribution is -0.140. The zero-order chi connectivity index (χ0) is 14.7. The van der Waals surface area contributed by atoms with E-state index in [1.54, 1.807) is 6.08 Å². The Bertz CT molecular complexity index is 556. The molecule has 2 unspecified atom stereocenters. The van der Waals surface area contributed by atoms with Gasteiger partial charge in [-0.1, -0.05) is 23.8 Å². The normalized spacial score (nSPS) is 20.7. The van der Waals surface area contributed by atoms with Crippen molar-refractivity contribution in [3.63, 3.8) is 0 Å². The molecule has 106 valence electrons. The molecule has 1 aromatic carbocycles. The number of carbonyl (C=O) groups excluding carboxylic acids is 1. The monoisotopic (exact) mass is 298 g/mol. The number of carboxylic acids is 1. The first-order valence-corrected chi connectivity index (χ1v) is 6.26. The van der Waals surface area contributed by atoms with Crippen molar-refractivity contribution >= 4 is 29.3 Å². The van der Waals surface area contributed by atoms with Gasteiger partial charge >= 0.3 is 12.0 Å². The van der Waals surface area contributed by atoms with Gasteiger partial charge in [-0.15, -0.1) is 0 Å². The molecule has 0 saturated heterocycles. The van der Waals surface area contributed by atoms with Crippen LogP contribution in [-0.4, -0.2) is 23.1 Å². The molecule has 7 heteroatoms. The highest BCUT2D eigenvalue weighted by Gasteiger charge is 2.25. The molecule has 0 saturated carbocycles. The van der Waals surface area contributed by atoms with Gasteiger partial charge in [-0.2, -0.15) is 0 Å². The summed E-state index contributed by atoms with van der Waals surface area (Å²) in [5.41, 5.74) is 0.226. The number of carbonyl (C=O) groups is 2. The summed E-state index contributed by atoms with van der Waals surface area (Å²) in [6.07, 6.45) is 3.45. The minimum atomic E-state index is -0.928. The van der Waals surface area contributed by atoms with E-state index in [0.29, 0.717) is 6.42 Å². The minimum Gasteiger partial charge on any atom is -0.481 e. The zero-order valence-corrected chi connectivity index (χ0v) is 11.0. The molecule has 3 N–H and O–H groups in total. The molecule has 1 aliphatic carbocycles. The summed E-state index contributed by atoms with van der Waals surface area (Å²) in [6.45, 7) is 0. The summed E-state index contributed by atoms with van der Waals surface area (Å²) in [5, 5.41) is 14.0. The molecular formula is C13H12ClFN2O3. The molecule has 0 radical (unpaired) electrons. The lowest BCUT2D eigenvalue weighted by Gasteiger charge is -2.13. The smallest absolute Gasteiger partial charge is 0.319 e. The van der Waals surface area contributed by atoms with Crippen LogP contribution in [0.5, 0.6) is 0 Å². The van der Waals surface area contributed by atoms with Crippen LogP contribution in [0, 0.1) is 11.7 Å². The molecule has 0 aromatic heterocycles. The molecule has 0 aliphatic heterocycles. The molecular weight excluding hydrogens is 287 g/mol. The first-order chi connectivity index (χ1) is 9.44. The maximum Gasteiger partial charge on any atom is 0.319 e. The number of hydrogen-bond acceptors (Lipinski definition) is 2. The van der Waals surface area contributed by atoms with Crippen LogP contribution < -0.4 is 10.6 Å². The molecule has 2 amide bonds. The Kier molecular flexibility index (Phi) is 4.24. The molecule has 20 heavy (non-hydrogen) atoms. The predicted molar refractivity (Wildman–Crippen MR) is 72.2 cm³/mol. The highest BCUT2D eigenvalue weighted by molar-refractivity contribution is 6.30. The molecule has 0 fully saturated rings. The Balaban J connectivity index is 1.90. The largest absolute Gasteiger partial charge is 0.481 e. The standard InChI is InChI=1S/C13H12ClFN2O3/c14-8-4-9(15)6-11(5-8)17-13(20)16-10-2-1-7(3-10)12(18)19/h1-2,4-7,10H,3H2,(H,18,19)(H2,16,17,20). The van der Waals surface area contributed by atoms with Crippen LogP contribution in [0.25, 0.3) is 0 Å². The highest BCUT2D eigenvalue weighted by atomic mass is 35.5. The van der Waals surface area contributed by atoms with E-state index in [0.717, 1.165) is 12.1 Å². The Morgan fingerprint density at radius 3 is 2.65 bits per heavy atom. The Labute approximate surface area is 119 Å². The van der Waals surface area contributed by atoms with E-state index in [2.05, 4.69) is 10.6 Å². The van der Waals surface area contributed by atoms with Crippen LogP contribution in [0.4, 0.5) is 14.9 Å². The van der Waals surface area contributed by atoms with Crippen LogP contribution in [0.3, 0.4) is 0 Å². The summed E-state index contributed by atoms with van der Waals surface area (Å²) in [5.74, 6) is -2.08. The fraction of sp³-hybridized carbons (Fsp3) is 0.231. The minimum absolute atomic E-state index is 0.173. The summed E-state index contributed by atoms with van der Waals surface area (Å²) >= 11 is 5.67. The third kappa shape index (κ3) is 3.71. The maximum atomic E-state index is 13.1. The van der Waals surface area contributed by atoms with Gasteiger partial charge < -0.3 is 15.7 Å². The number of carboxylic acid groups (broad SMARTS) is 1. The van der Waals surface area contributed by atoms with Crippen molar-refractivity contribution in [1.82, 2.24) is 5.32 Å². The summed E-state index contributed by atoms with van der Waals surface area (Å²) in [6, 6.07) is 2.76. The fourth-order valence-electron chi connectivity index (χ4n) is 1.95. The average molecular weight is 299 g/mol. The highest BCUT2D eigenvalue weighted by Crippen LogP contribution is 2.19. The molecule has 1 aliphatic rings. The Morgan fingerprint density at radius 1 is 1.30 bits per heavy atom. The lowest BCUT2D eigenvalue weighted by atomic mass is 10.1. The van der Waals surface area contributed by atoms with Crippen molar-refractivity contribution in [2.24, 2.45) is 5.92 Å². The average Bonchev–Trinajstić information content (AvgIpc) is 2.75. The Hall–Kier alpha value is -2.08. The summed E-state index contributed by atoms with van der Waals surface area (Å²) in [4.78, 5) is 22.5. The van der Waals surface area contributed by atoms with Gasteiger partial charge in [-0.3, -0.25) is 4.79 Å². The van der Waals surface area contributed by atoms with Crippen LogP contribution in [0.2, 0.25) is 5.02 Å². The zero-order valence-electron chi connectivity index (χ0n) is 10.3. The van der Waals surface area contributed by atoms with Gasteiger partial charge in [0, 0.05) is 10.7 Å². The second-order valence-electron chi connectivity index (χ2n) is 4.43. The van der Waals surface area contributed by atoms with Crippen molar-refractivity contribution in [2.45, 2.75) is 12.5 Å². The van der Waals surface area contributed by atoms with E-state index >= 15 is 0 Å². The predicted octanol–water partition coefficient (Wildman–Crippen LogP) is 2.63. The Morgan fingerprint density at radius 2 is 2.05 bits per heavy atom. The number of aliphatic carboxylic acids is 1. The summed E-state index contributed by atoms with van der Waals surface area (Å²) in [7, 11) is 0. The van der Waals surface area contributed by atoms with Gasteiger partial charge in [0.25, 0.3) is 0 Å². The summed E-state index contributed by atoms with van der Waals surface area (Å²) < 4.78 is 13.1. The van der Waals surface area contributed by atoms with Crippen molar-refractivity contribution < 1.29 is 19.1 Å². The molecule has 2 rings (SSSR count). The van der Waals surface area contributed by atoms with Crippen LogP contribution in [0.15, 0.2) is 30.4 Å². The van der Waals surface area contributed by atoms with Crippen LogP contribution in [0.1, 0.15) is 6.42 Å². The maximum absolute atomic E-state index is 13.1. The molecule has 0 spiro atoms. The number of urea groups is 1. The van der Waals surface area contributed by atoms with Gasteiger partial charge in [-0.25, -0.2) is 9.18 Å². The second-order valence-corrected chi connectivity index (χ2v) is 4.86. The first-order valence-electron chi connectivity index (χ1n) is 5.89. The van der Waals surface area contributed by atoms with Crippen LogP contribution >= 0.6 is 11.6 Å². The quantitative estimate of drug-likeness (QED) is 0.751. The van der Waals surface area contributed by atoms with E-state index in [1.807, 2.05) is 0 Å². The molecule has 2 atom stereocenters. The van der Waals surface area contributed by atoms with E-state index in [1.165, 1.54) is 12.1 Å². The first kappa shape index (κ1) is 14.3. The SMILES string of the molecule is O=C(Nc1cc(F)cc(Cl)c1)NC1C=CC(C(=O)O)C1. The van der Waals surface area contributed by atoms with E-state index in [9.17, 15) is 14.0 Å². The van der Waals surface area contributed by atoms with Gasteiger partial charge in [0.2, 0.25) is 0 Å². The van der Waals surface area contributed by atoms with Crippen LogP contribution in [-0.2, 0) is 4.79 Å². The van der Waals surface area contributed by atoms with Crippen molar-refractivity contribution in [3.8, 4) is 0 Å². The third-order valence-electron chi connectivity index (χ3n) is 2.84. The number of hydrogen-bond donors (Lipinski definition) is 3. The van der Waals surface area contributed by atoms with E-state index < -0.39 is 23.7 Å². The molecule has 1 aromatic rings. The van der Waals surface area contributed by atoms with E-state index in [-0.39, 0.29) is 16.8 Å². The van der Waals surface area contributed by atoms with Gasteiger partial charge in [-0.05, 0) is 24.6 Å². The second kappa shape index (κ2) is 5.92. The number of amides is 2. The van der Waals surface area contributed by atoms with Crippen molar-refractivity contribution in [1.29, 1.82) is 0 Å². The van der Waals surface area contributed by atoms with Gasteiger partial charge in [0.15, 0.2) is 0 Å². The number of anilines is 1. The number of halogens is 2. The molecule has 0 heterocycles. The molecule has 0 bridgehead atoms. The fourth-order valence-corrected chi connectivity index (χ4v) is 2.17.